The van der Waals surface area contributed by atoms with Crippen molar-refractivity contribution in [1.29, 1.82) is 0 Å². The van der Waals surface area contributed by atoms with Crippen LogP contribution in [0.1, 0.15) is 0 Å². The number of hydrogen-bond donors (Lipinski definition) is 1. The maximum absolute atomic E-state index is 11.9. The number of pyridine rings is 1. The third-order valence-corrected chi connectivity index (χ3v) is 2.98. The molecule has 1 heterocycles. The smallest absolute Gasteiger partial charge is 0.382 e. The van der Waals surface area contributed by atoms with Crippen molar-refractivity contribution in [2.45, 2.75) is 6.18 Å². The van der Waals surface area contributed by atoms with E-state index in [2.05, 4.69) is 10.1 Å². The molecule has 114 valence electrons. The van der Waals surface area contributed by atoms with Crippen LogP contribution in [0.2, 0.25) is 0 Å². The zero-order valence-corrected chi connectivity index (χ0v) is 11.4. The molecule has 2 rings (SSSR count). The fourth-order valence-corrected chi connectivity index (χ4v) is 2.00. The fourth-order valence-electron chi connectivity index (χ4n) is 2.00. The second-order valence-corrected chi connectivity index (χ2v) is 4.57. The Morgan fingerprint density at radius 2 is 2.00 bits per heavy atom. The lowest BCUT2D eigenvalue weighted by Gasteiger charge is -2.12. The van der Waals surface area contributed by atoms with Gasteiger partial charge >= 0.3 is 6.18 Å². The zero-order valence-electron chi connectivity index (χ0n) is 11.4. The molecule has 0 unspecified atom stereocenters. The molecule has 0 saturated heterocycles. The normalized spacial score (nSPS) is 11.8. The van der Waals surface area contributed by atoms with E-state index in [9.17, 15) is 18.0 Å². The van der Waals surface area contributed by atoms with E-state index in [1.54, 1.807) is 7.05 Å². The average molecular weight is 300 g/mol. The van der Waals surface area contributed by atoms with Crippen molar-refractivity contribution in [3.8, 4) is 0 Å². The molecule has 0 atom stereocenters. The molecule has 0 aliphatic heterocycles. The summed E-state index contributed by atoms with van der Waals surface area (Å²) in [6, 6.07) is 8.72. The Morgan fingerprint density at radius 3 is 2.71 bits per heavy atom. The number of aryl methyl sites for hydroxylation is 1. The van der Waals surface area contributed by atoms with Gasteiger partial charge in [-0.15, -0.1) is 0 Å². The minimum absolute atomic E-state index is 0.0942. The first-order chi connectivity index (χ1) is 9.88. The van der Waals surface area contributed by atoms with Crippen molar-refractivity contribution < 1.29 is 17.9 Å². The van der Waals surface area contributed by atoms with Gasteiger partial charge in [-0.25, -0.2) is 0 Å². The van der Waals surface area contributed by atoms with E-state index in [0.29, 0.717) is 5.69 Å². The number of para-hydroxylation sites is 1. The molecule has 0 spiro atoms. The maximum Gasteiger partial charge on any atom is 0.411 e. The number of hydrogen-bond acceptors (Lipinski definition) is 3. The number of nitrogens with one attached hydrogen (secondary N) is 1. The number of anilines is 1. The van der Waals surface area contributed by atoms with E-state index in [1.165, 1.54) is 10.6 Å². The Labute approximate surface area is 119 Å². The van der Waals surface area contributed by atoms with Crippen molar-refractivity contribution in [3.63, 3.8) is 0 Å². The molecule has 0 bridgehead atoms. The summed E-state index contributed by atoms with van der Waals surface area (Å²) in [6.07, 6.45) is -4.32. The molecular weight excluding hydrogens is 285 g/mol. The second-order valence-electron chi connectivity index (χ2n) is 4.57. The second kappa shape index (κ2) is 6.17. The molecule has 2 aromatic rings. The van der Waals surface area contributed by atoms with Gasteiger partial charge in [-0.05, 0) is 6.07 Å². The van der Waals surface area contributed by atoms with Crippen molar-refractivity contribution in [2.75, 3.05) is 25.1 Å². The molecule has 0 radical (unpaired) electrons. The van der Waals surface area contributed by atoms with Crippen molar-refractivity contribution in [3.05, 3.63) is 40.7 Å². The van der Waals surface area contributed by atoms with E-state index in [0.717, 1.165) is 10.9 Å². The largest absolute Gasteiger partial charge is 0.411 e. The minimum Gasteiger partial charge on any atom is -0.382 e. The summed E-state index contributed by atoms with van der Waals surface area (Å²) < 4.78 is 41.8. The summed E-state index contributed by atoms with van der Waals surface area (Å²) in [7, 11) is 1.67. The van der Waals surface area contributed by atoms with Crippen LogP contribution in [0.5, 0.6) is 0 Å². The minimum atomic E-state index is -4.32. The SMILES string of the molecule is Cn1c(=O)cc(NCCOCC(F)(F)F)c2ccccc21. The van der Waals surface area contributed by atoms with Gasteiger partial charge in [0.1, 0.15) is 6.61 Å². The Bertz CT molecular complexity index is 680. The number of ether oxygens (including phenoxy) is 1. The van der Waals surface area contributed by atoms with Gasteiger partial charge in [0.25, 0.3) is 5.56 Å². The van der Waals surface area contributed by atoms with Gasteiger partial charge in [-0.3, -0.25) is 4.79 Å². The van der Waals surface area contributed by atoms with Gasteiger partial charge in [0.15, 0.2) is 0 Å². The number of benzene rings is 1. The van der Waals surface area contributed by atoms with Gasteiger partial charge in [-0.2, -0.15) is 13.2 Å². The van der Waals surface area contributed by atoms with Gasteiger partial charge in [-0.1, -0.05) is 18.2 Å². The number of alkyl halides is 3. The lowest BCUT2D eigenvalue weighted by Crippen LogP contribution is -2.21. The fraction of sp³-hybridized carbons (Fsp3) is 0.357. The van der Waals surface area contributed by atoms with E-state index in [4.69, 9.17) is 0 Å². The van der Waals surface area contributed by atoms with Crippen LogP contribution in [-0.4, -0.2) is 30.5 Å². The molecule has 0 aliphatic carbocycles. The van der Waals surface area contributed by atoms with Crippen LogP contribution in [0.3, 0.4) is 0 Å². The molecule has 7 heteroatoms. The molecular formula is C14H15F3N2O2. The lowest BCUT2D eigenvalue weighted by atomic mass is 10.2. The summed E-state index contributed by atoms with van der Waals surface area (Å²) in [4.78, 5) is 11.8. The summed E-state index contributed by atoms with van der Waals surface area (Å²) in [6.45, 7) is -1.18. The van der Waals surface area contributed by atoms with Crippen molar-refractivity contribution in [2.24, 2.45) is 7.05 Å². The highest BCUT2D eigenvalue weighted by atomic mass is 19.4. The van der Waals surface area contributed by atoms with Crippen LogP contribution in [0.25, 0.3) is 10.9 Å². The van der Waals surface area contributed by atoms with Crippen molar-refractivity contribution in [1.82, 2.24) is 4.57 Å². The monoisotopic (exact) mass is 300 g/mol. The van der Waals surface area contributed by atoms with Crippen LogP contribution in [0.4, 0.5) is 18.9 Å². The Hall–Kier alpha value is -2.02. The molecule has 0 aliphatic rings. The zero-order chi connectivity index (χ0) is 15.5. The predicted octanol–water partition coefficient (Wildman–Crippen LogP) is 2.53. The number of nitrogens with zero attached hydrogens (tertiary/aromatic N) is 1. The summed E-state index contributed by atoms with van der Waals surface area (Å²) >= 11 is 0. The van der Waals surface area contributed by atoms with Crippen LogP contribution in [-0.2, 0) is 11.8 Å². The first-order valence-electron chi connectivity index (χ1n) is 6.35. The van der Waals surface area contributed by atoms with Crippen LogP contribution < -0.4 is 10.9 Å². The third kappa shape index (κ3) is 3.98. The Balaban J connectivity index is 2.06. The number of halogens is 3. The summed E-state index contributed by atoms with van der Waals surface area (Å²) in [5, 5.41) is 3.77. The highest BCUT2D eigenvalue weighted by molar-refractivity contribution is 5.91. The molecule has 1 aromatic heterocycles. The molecule has 0 fully saturated rings. The summed E-state index contributed by atoms with van der Waals surface area (Å²) in [5.74, 6) is 0. The van der Waals surface area contributed by atoms with Crippen LogP contribution >= 0.6 is 0 Å². The van der Waals surface area contributed by atoms with Gasteiger partial charge in [0, 0.05) is 30.7 Å². The van der Waals surface area contributed by atoms with E-state index in [-0.39, 0.29) is 18.7 Å². The molecule has 1 N–H and O–H groups in total. The van der Waals surface area contributed by atoms with E-state index >= 15 is 0 Å². The molecule has 0 amide bonds. The predicted molar refractivity (Wildman–Crippen MR) is 74.6 cm³/mol. The summed E-state index contributed by atoms with van der Waals surface area (Å²) in [5.41, 5.74) is 1.15. The standard InChI is InChI=1S/C14H15F3N2O2/c1-19-12-5-3-2-4-10(12)11(8-13(19)20)18-6-7-21-9-14(15,16)17/h2-5,8,18H,6-7,9H2,1H3. The Kier molecular flexibility index (Phi) is 4.52. The first kappa shape index (κ1) is 15.4. The lowest BCUT2D eigenvalue weighted by molar-refractivity contribution is -0.172. The topological polar surface area (TPSA) is 43.3 Å². The Morgan fingerprint density at radius 1 is 1.29 bits per heavy atom. The van der Waals surface area contributed by atoms with E-state index in [1.807, 2.05) is 24.3 Å². The highest BCUT2D eigenvalue weighted by Crippen LogP contribution is 2.20. The molecule has 1 aromatic carbocycles. The highest BCUT2D eigenvalue weighted by Gasteiger charge is 2.27. The van der Waals surface area contributed by atoms with Crippen molar-refractivity contribution >= 4 is 16.6 Å². The quantitative estimate of drug-likeness (QED) is 0.863. The van der Waals surface area contributed by atoms with Gasteiger partial charge < -0.3 is 14.6 Å². The van der Waals surface area contributed by atoms with Gasteiger partial charge in [0.2, 0.25) is 0 Å². The van der Waals surface area contributed by atoms with Crippen LogP contribution in [0, 0.1) is 0 Å². The van der Waals surface area contributed by atoms with Gasteiger partial charge in [0.05, 0.1) is 12.1 Å². The maximum atomic E-state index is 11.9. The average Bonchev–Trinajstić information content (AvgIpc) is 2.42. The third-order valence-electron chi connectivity index (χ3n) is 2.98. The van der Waals surface area contributed by atoms with Crippen LogP contribution in [0.15, 0.2) is 35.1 Å². The molecule has 21 heavy (non-hydrogen) atoms. The first-order valence-corrected chi connectivity index (χ1v) is 6.35. The number of aromatic nitrogens is 1. The number of rotatable bonds is 5. The van der Waals surface area contributed by atoms with E-state index < -0.39 is 12.8 Å². The molecule has 0 saturated carbocycles. The molecule has 4 nitrogen and oxygen atoms in total. The number of fused-ring (bicyclic) bond motifs is 1.